The standard InChI is InChI=1S/C13H9N3O4S2.CO2/c1-2-15-12(18)10(22-13(15)21)9-7-5-6(16(19)20)3-4-8(7)14-11(9)17;2-1-3/h3-5,18H,2H2,1H3;. The molecule has 9 nitrogen and oxygen atoms in total. The number of amides is 1. The van der Waals surface area contributed by atoms with Crippen LogP contribution in [0.15, 0.2) is 23.2 Å². The summed E-state index contributed by atoms with van der Waals surface area (Å²) in [6.45, 7) is 2.28. The normalized spacial score (nSPS) is 11.9. The molecule has 0 fully saturated rings. The number of hydrogen-bond acceptors (Lipinski definition) is 8. The number of nitro benzene ring substituents is 1. The highest BCUT2D eigenvalue weighted by Gasteiger charge is 2.25. The summed E-state index contributed by atoms with van der Waals surface area (Å²) in [4.78, 5) is 42.9. The van der Waals surface area contributed by atoms with Crippen molar-refractivity contribution in [1.82, 2.24) is 4.57 Å². The molecule has 0 aliphatic carbocycles. The predicted molar refractivity (Wildman–Crippen MR) is 86.9 cm³/mol. The number of nitro groups is 1. The van der Waals surface area contributed by atoms with Gasteiger partial charge in [0.05, 0.1) is 15.9 Å². The second kappa shape index (κ2) is 7.26. The van der Waals surface area contributed by atoms with Crippen LogP contribution in [0.25, 0.3) is 5.57 Å². The van der Waals surface area contributed by atoms with E-state index in [1.807, 2.05) is 6.92 Å². The number of nitrogens with zero attached hydrogens (tertiary/aromatic N) is 3. The van der Waals surface area contributed by atoms with Crippen LogP contribution in [0.3, 0.4) is 0 Å². The molecule has 0 bridgehead atoms. The van der Waals surface area contributed by atoms with E-state index in [0.717, 1.165) is 11.3 Å². The molecular weight excluding hydrogens is 370 g/mol. The van der Waals surface area contributed by atoms with Crippen LogP contribution in [0.1, 0.15) is 11.8 Å². The molecule has 1 aliphatic heterocycles. The van der Waals surface area contributed by atoms with Gasteiger partial charge in [0.1, 0.15) is 4.88 Å². The maximum atomic E-state index is 12.2. The lowest BCUT2D eigenvalue weighted by atomic mass is 10.1. The fourth-order valence-corrected chi connectivity index (χ4v) is 3.74. The molecule has 1 N–H and O–H groups in total. The van der Waals surface area contributed by atoms with Gasteiger partial charge in [0.25, 0.3) is 11.6 Å². The second-order valence-corrected chi connectivity index (χ2v) is 6.24. The van der Waals surface area contributed by atoms with Crippen molar-refractivity contribution >= 4 is 46.9 Å². The van der Waals surface area contributed by atoms with E-state index in [4.69, 9.17) is 21.8 Å². The molecule has 11 heteroatoms. The monoisotopic (exact) mass is 379 g/mol. The highest BCUT2D eigenvalue weighted by atomic mass is 32.1. The fraction of sp³-hybridized carbons (Fsp3) is 0.143. The Bertz CT molecular complexity index is 1090. The van der Waals surface area contributed by atoms with Crippen molar-refractivity contribution in [3.63, 3.8) is 0 Å². The summed E-state index contributed by atoms with van der Waals surface area (Å²) < 4.78 is 1.92. The van der Waals surface area contributed by atoms with Crippen LogP contribution in [0, 0.1) is 14.1 Å². The molecule has 2 heterocycles. The van der Waals surface area contributed by atoms with E-state index in [0.29, 0.717) is 26.0 Å². The number of carbonyl (C=O) groups is 1. The Labute approximate surface area is 148 Å². The van der Waals surface area contributed by atoms with E-state index in [1.54, 1.807) is 0 Å². The molecule has 0 radical (unpaired) electrons. The summed E-state index contributed by atoms with van der Waals surface area (Å²) in [5.41, 5.74) is 0.0126. The van der Waals surface area contributed by atoms with Gasteiger partial charge in [-0.1, -0.05) is 0 Å². The number of rotatable bonds is 3. The SMILES string of the molecule is CCn1c(O)c(C2=c3cc([N+](=O)[O-])ccc3=NC2=O)sc1=S.O=C=O. The van der Waals surface area contributed by atoms with Crippen LogP contribution >= 0.6 is 23.6 Å². The average molecular weight is 379 g/mol. The van der Waals surface area contributed by atoms with Crippen molar-refractivity contribution in [2.75, 3.05) is 0 Å². The third-order valence-electron chi connectivity index (χ3n) is 3.31. The minimum Gasteiger partial charge on any atom is -0.493 e. The molecule has 128 valence electrons. The zero-order chi connectivity index (χ0) is 18.7. The number of aromatic nitrogens is 1. The van der Waals surface area contributed by atoms with Crippen LogP contribution in [0.4, 0.5) is 5.69 Å². The van der Waals surface area contributed by atoms with Gasteiger partial charge in [0, 0.05) is 23.9 Å². The molecule has 1 amide bonds. The van der Waals surface area contributed by atoms with E-state index in [-0.39, 0.29) is 23.3 Å². The molecule has 0 spiro atoms. The van der Waals surface area contributed by atoms with E-state index in [2.05, 4.69) is 4.99 Å². The van der Waals surface area contributed by atoms with E-state index in [9.17, 15) is 20.0 Å². The van der Waals surface area contributed by atoms with Crippen molar-refractivity contribution in [2.45, 2.75) is 13.5 Å². The van der Waals surface area contributed by atoms with Crippen molar-refractivity contribution in [2.24, 2.45) is 4.99 Å². The smallest absolute Gasteiger partial charge is 0.373 e. The minimum atomic E-state index is -0.542. The lowest BCUT2D eigenvalue weighted by Crippen LogP contribution is -2.23. The van der Waals surface area contributed by atoms with Gasteiger partial charge in [-0.15, -0.1) is 11.3 Å². The van der Waals surface area contributed by atoms with E-state index in [1.165, 1.54) is 22.8 Å². The lowest BCUT2D eigenvalue weighted by Gasteiger charge is -2.01. The number of hydrogen-bond donors (Lipinski definition) is 1. The zero-order valence-corrected chi connectivity index (χ0v) is 14.2. The Kier molecular flexibility index (Phi) is 5.32. The van der Waals surface area contributed by atoms with Crippen molar-refractivity contribution in [3.8, 4) is 5.88 Å². The van der Waals surface area contributed by atoms with Gasteiger partial charge in [0.15, 0.2) is 3.95 Å². The van der Waals surface area contributed by atoms with Crippen molar-refractivity contribution in [1.29, 1.82) is 0 Å². The molecule has 25 heavy (non-hydrogen) atoms. The van der Waals surface area contributed by atoms with Crippen LogP contribution in [0.5, 0.6) is 5.88 Å². The molecule has 1 aromatic heterocycles. The van der Waals surface area contributed by atoms with Crippen LogP contribution in [0.2, 0.25) is 0 Å². The predicted octanol–water partition coefficient (Wildman–Crippen LogP) is 0.688. The zero-order valence-electron chi connectivity index (χ0n) is 12.6. The van der Waals surface area contributed by atoms with Gasteiger partial charge in [0.2, 0.25) is 5.88 Å². The van der Waals surface area contributed by atoms with Gasteiger partial charge in [-0.3, -0.25) is 19.5 Å². The fourth-order valence-electron chi connectivity index (χ4n) is 2.27. The topological polar surface area (TPSA) is 132 Å². The average Bonchev–Trinajstić information content (AvgIpc) is 3.02. The minimum absolute atomic E-state index is 0.115. The summed E-state index contributed by atoms with van der Waals surface area (Å²) >= 11 is 6.24. The molecular formula is C14H9N3O6S2. The number of carbonyl (C=O) groups excluding carboxylic acids is 3. The Morgan fingerprint density at radius 3 is 2.60 bits per heavy atom. The Hall–Kier alpha value is -3.01. The molecule has 0 atom stereocenters. The number of benzene rings is 1. The maximum absolute atomic E-state index is 12.2. The quantitative estimate of drug-likeness (QED) is 0.471. The summed E-state index contributed by atoms with van der Waals surface area (Å²) in [7, 11) is 0. The van der Waals surface area contributed by atoms with Crippen molar-refractivity contribution < 1.29 is 24.4 Å². The summed E-state index contributed by atoms with van der Waals surface area (Å²) in [5, 5.41) is 21.9. The van der Waals surface area contributed by atoms with Crippen LogP contribution in [-0.2, 0) is 20.9 Å². The Morgan fingerprint density at radius 1 is 1.44 bits per heavy atom. The number of thiazole rings is 1. The first-order chi connectivity index (χ1) is 11.8. The molecule has 1 aromatic carbocycles. The van der Waals surface area contributed by atoms with Crippen molar-refractivity contribution in [3.05, 3.63) is 47.7 Å². The molecule has 2 aromatic rings. The largest absolute Gasteiger partial charge is 0.493 e. The molecule has 0 unspecified atom stereocenters. The van der Waals surface area contributed by atoms with Crippen LogP contribution in [-0.4, -0.2) is 26.7 Å². The van der Waals surface area contributed by atoms with Gasteiger partial charge >= 0.3 is 6.15 Å². The molecule has 0 saturated carbocycles. The molecule has 1 aliphatic rings. The first-order valence-corrected chi connectivity index (χ1v) is 7.92. The third-order valence-corrected chi connectivity index (χ3v) is 4.76. The van der Waals surface area contributed by atoms with Gasteiger partial charge in [-0.05, 0) is 25.2 Å². The second-order valence-electron chi connectivity index (χ2n) is 4.60. The maximum Gasteiger partial charge on any atom is 0.373 e. The first-order valence-electron chi connectivity index (χ1n) is 6.69. The van der Waals surface area contributed by atoms with Gasteiger partial charge < -0.3 is 5.11 Å². The van der Waals surface area contributed by atoms with E-state index >= 15 is 0 Å². The highest BCUT2D eigenvalue weighted by molar-refractivity contribution is 7.73. The lowest BCUT2D eigenvalue weighted by molar-refractivity contribution is -0.385. The molecule has 3 rings (SSSR count). The van der Waals surface area contributed by atoms with E-state index < -0.39 is 10.8 Å². The Morgan fingerprint density at radius 2 is 2.08 bits per heavy atom. The number of non-ortho nitro benzene ring substituents is 1. The van der Waals surface area contributed by atoms with Gasteiger partial charge in [-0.25, -0.2) is 4.99 Å². The molecule has 0 saturated heterocycles. The van der Waals surface area contributed by atoms with Crippen LogP contribution < -0.4 is 10.6 Å². The van der Waals surface area contributed by atoms with Gasteiger partial charge in [-0.2, -0.15) is 9.59 Å². The summed E-state index contributed by atoms with van der Waals surface area (Å²) in [5.74, 6) is -0.652. The Balaban J connectivity index is 0.000000701. The number of aromatic hydroxyl groups is 1. The highest BCUT2D eigenvalue weighted by Crippen LogP contribution is 2.32. The third kappa shape index (κ3) is 3.29. The number of fused-ring (bicyclic) bond motifs is 1. The first kappa shape index (κ1) is 18.3. The summed E-state index contributed by atoms with van der Waals surface area (Å²) in [6.07, 6.45) is 0.250. The summed E-state index contributed by atoms with van der Waals surface area (Å²) in [6, 6.07) is 4.00.